The van der Waals surface area contributed by atoms with Crippen molar-refractivity contribution >= 4 is 44.9 Å². The highest BCUT2D eigenvalue weighted by molar-refractivity contribution is 7.92. The van der Waals surface area contributed by atoms with E-state index in [-0.39, 0.29) is 30.4 Å². The largest absolute Gasteiger partial charge is 0.356 e. The summed E-state index contributed by atoms with van der Waals surface area (Å²) < 4.78 is 55.1. The molecule has 234 valence electrons. The number of carbonyl (C=O) groups is 1. The highest BCUT2D eigenvalue weighted by Crippen LogP contribution is 2.35. The van der Waals surface area contributed by atoms with Gasteiger partial charge in [0.05, 0.1) is 42.0 Å². The van der Waals surface area contributed by atoms with E-state index < -0.39 is 28.5 Å². The van der Waals surface area contributed by atoms with Crippen LogP contribution in [0.3, 0.4) is 0 Å². The van der Waals surface area contributed by atoms with Crippen LogP contribution in [0.2, 0.25) is 5.02 Å². The molecule has 0 radical (unpaired) electrons. The van der Waals surface area contributed by atoms with Crippen molar-refractivity contribution in [2.45, 2.75) is 50.9 Å². The van der Waals surface area contributed by atoms with Crippen LogP contribution < -0.4 is 10.0 Å². The van der Waals surface area contributed by atoms with Crippen molar-refractivity contribution in [2.75, 3.05) is 50.2 Å². The van der Waals surface area contributed by atoms with Crippen LogP contribution in [0.1, 0.15) is 47.8 Å². The monoisotopic (exact) mass is 638 g/mol. The number of piperidine rings is 1. The van der Waals surface area contributed by atoms with E-state index in [2.05, 4.69) is 21.5 Å². The normalized spacial score (nSPS) is 22.0. The fourth-order valence-electron chi connectivity index (χ4n) is 5.64. The number of amidine groups is 1. The number of sulfonamides is 1. The van der Waals surface area contributed by atoms with Crippen molar-refractivity contribution in [3.05, 3.63) is 53.2 Å². The summed E-state index contributed by atoms with van der Waals surface area (Å²) in [6, 6.07) is 4.97. The van der Waals surface area contributed by atoms with Crippen molar-refractivity contribution in [1.82, 2.24) is 29.8 Å². The molecule has 15 heteroatoms. The summed E-state index contributed by atoms with van der Waals surface area (Å²) in [5, 5.41) is 8.06. The number of benzene rings is 1. The Morgan fingerprint density at radius 2 is 2.02 bits per heavy atom. The van der Waals surface area contributed by atoms with Gasteiger partial charge in [-0.05, 0) is 50.0 Å². The first-order valence-electron chi connectivity index (χ1n) is 14.4. The first-order valence-corrected chi connectivity index (χ1v) is 16.7. The molecule has 1 aromatic heterocycles. The van der Waals surface area contributed by atoms with Gasteiger partial charge in [-0.3, -0.25) is 14.4 Å². The number of amides is 1. The molecule has 11 nitrogen and oxygen atoms in total. The number of hydrogen-bond donors (Lipinski definition) is 2. The maximum Gasteiger partial charge on any atom is 0.256 e. The summed E-state index contributed by atoms with van der Waals surface area (Å²) in [5.41, 5.74) is 0.918. The number of aliphatic imine (C=N–C) groups is 1. The summed E-state index contributed by atoms with van der Waals surface area (Å²) in [4.78, 5) is 24.6. The second-order valence-electron chi connectivity index (χ2n) is 11.1. The lowest BCUT2D eigenvalue weighted by molar-refractivity contribution is 0.0453. The van der Waals surface area contributed by atoms with Gasteiger partial charge in [0.1, 0.15) is 5.84 Å². The van der Waals surface area contributed by atoms with Gasteiger partial charge in [0.25, 0.3) is 12.3 Å². The molecule has 0 bridgehead atoms. The Morgan fingerprint density at radius 1 is 1.23 bits per heavy atom. The number of nitrogens with one attached hydrogen (secondary N) is 2. The van der Waals surface area contributed by atoms with Gasteiger partial charge in [-0.15, -0.1) is 0 Å². The SMILES string of the molecule is C=CC(=Nc1cc([C@@H]2CCCCN2C(=O)c2cc(Cl)ccc2NS(C)(=O)=O)nn1CN1CCN[C@@H](C(F)F)C1)N1CCC1. The number of piperazine rings is 1. The average molecular weight is 639 g/mol. The number of nitrogens with zero attached hydrogens (tertiary/aromatic N) is 6. The summed E-state index contributed by atoms with van der Waals surface area (Å²) in [7, 11) is -3.65. The van der Waals surface area contributed by atoms with Crippen LogP contribution >= 0.6 is 11.6 Å². The molecular formula is C28H37ClF2N8O3S. The summed E-state index contributed by atoms with van der Waals surface area (Å²) in [5.74, 6) is 0.882. The molecule has 0 unspecified atom stereocenters. The Labute approximate surface area is 255 Å². The van der Waals surface area contributed by atoms with Crippen LogP contribution in [0.4, 0.5) is 20.3 Å². The molecule has 0 aliphatic carbocycles. The van der Waals surface area contributed by atoms with Crippen LogP contribution in [-0.4, -0.2) is 103 Å². The Bertz CT molecular complexity index is 1480. The molecule has 2 aromatic rings. The Balaban J connectivity index is 1.49. The van der Waals surface area contributed by atoms with Crippen molar-refractivity contribution in [1.29, 1.82) is 0 Å². The second-order valence-corrected chi connectivity index (χ2v) is 13.3. The van der Waals surface area contributed by atoms with Crippen molar-refractivity contribution < 1.29 is 22.0 Å². The lowest BCUT2D eigenvalue weighted by Crippen LogP contribution is -2.53. The van der Waals surface area contributed by atoms with Crippen molar-refractivity contribution in [3.8, 4) is 0 Å². The lowest BCUT2D eigenvalue weighted by Gasteiger charge is -2.35. The van der Waals surface area contributed by atoms with Gasteiger partial charge in [0.15, 0.2) is 5.82 Å². The quantitative estimate of drug-likeness (QED) is 0.318. The Hall–Kier alpha value is -3.07. The van der Waals surface area contributed by atoms with Crippen LogP contribution in [-0.2, 0) is 16.7 Å². The highest BCUT2D eigenvalue weighted by Gasteiger charge is 2.33. The van der Waals surface area contributed by atoms with Crippen molar-refractivity contribution in [2.24, 2.45) is 4.99 Å². The van der Waals surface area contributed by atoms with Gasteiger partial charge in [0, 0.05) is 50.4 Å². The number of hydrogen-bond acceptors (Lipinski definition) is 7. The van der Waals surface area contributed by atoms with Crippen LogP contribution in [0, 0.1) is 0 Å². The first kappa shape index (κ1) is 31.4. The van der Waals surface area contributed by atoms with E-state index in [1.807, 2.05) is 11.0 Å². The zero-order valence-corrected chi connectivity index (χ0v) is 25.6. The third kappa shape index (κ3) is 7.54. The third-order valence-electron chi connectivity index (χ3n) is 7.91. The number of alkyl halides is 2. The standard InChI is InChI=1S/C28H37ClF2N8O3S/c1-3-25(37-11-6-12-37)33-26-16-22(34-39(26)18-36-14-10-32-23(17-36)27(30)31)24-7-4-5-13-38(24)28(40)20-15-19(29)8-9-21(20)35-43(2,41)42/h3,8-9,15-16,23-24,27,32,35H,1,4-7,10-14,17-18H2,2H3/t23-,24+/m1/s1. The number of aromatic nitrogens is 2. The van der Waals surface area contributed by atoms with E-state index in [1.54, 1.807) is 15.7 Å². The van der Waals surface area contributed by atoms with Crippen LogP contribution in [0.5, 0.6) is 0 Å². The number of rotatable bonds is 9. The van der Waals surface area contributed by atoms with Gasteiger partial charge in [-0.2, -0.15) is 5.10 Å². The molecule has 0 spiro atoms. The molecule has 2 atom stereocenters. The predicted octanol–water partition coefficient (Wildman–Crippen LogP) is 3.69. The molecule has 3 aliphatic rings. The highest BCUT2D eigenvalue weighted by atomic mass is 35.5. The zero-order chi connectivity index (χ0) is 30.7. The minimum atomic E-state index is -3.65. The Morgan fingerprint density at radius 3 is 2.70 bits per heavy atom. The van der Waals surface area contributed by atoms with E-state index >= 15 is 0 Å². The molecule has 5 rings (SSSR count). The Kier molecular flexibility index (Phi) is 9.69. The van der Waals surface area contributed by atoms with E-state index in [1.165, 1.54) is 18.2 Å². The fourth-order valence-corrected chi connectivity index (χ4v) is 6.39. The maximum absolute atomic E-state index is 14.0. The van der Waals surface area contributed by atoms with E-state index in [0.717, 1.165) is 38.6 Å². The zero-order valence-electron chi connectivity index (χ0n) is 24.1. The molecule has 3 fully saturated rings. The van der Waals surface area contributed by atoms with Crippen LogP contribution in [0.15, 0.2) is 41.9 Å². The molecule has 1 aromatic carbocycles. The number of anilines is 1. The number of halogens is 3. The van der Waals surface area contributed by atoms with Crippen molar-refractivity contribution in [3.63, 3.8) is 0 Å². The molecule has 43 heavy (non-hydrogen) atoms. The minimum Gasteiger partial charge on any atom is -0.356 e. The van der Waals surface area contributed by atoms with Gasteiger partial charge in [-0.25, -0.2) is 26.9 Å². The maximum atomic E-state index is 14.0. The van der Waals surface area contributed by atoms with Gasteiger partial charge in [-0.1, -0.05) is 18.2 Å². The third-order valence-corrected chi connectivity index (χ3v) is 8.74. The predicted molar refractivity (Wildman–Crippen MR) is 163 cm³/mol. The minimum absolute atomic E-state index is 0.146. The van der Waals surface area contributed by atoms with Crippen LogP contribution in [0.25, 0.3) is 0 Å². The fraction of sp³-hybridized carbons (Fsp3) is 0.536. The van der Waals surface area contributed by atoms with Gasteiger partial charge < -0.3 is 15.1 Å². The molecule has 3 saturated heterocycles. The molecular weight excluding hydrogens is 602 g/mol. The van der Waals surface area contributed by atoms with E-state index in [9.17, 15) is 22.0 Å². The smallest absolute Gasteiger partial charge is 0.256 e. The number of likely N-dealkylation sites (tertiary alicyclic amines) is 2. The molecule has 0 saturated carbocycles. The van der Waals surface area contributed by atoms with E-state index in [0.29, 0.717) is 48.4 Å². The molecule has 3 aliphatic heterocycles. The average Bonchev–Trinajstić information content (AvgIpc) is 3.33. The lowest BCUT2D eigenvalue weighted by atomic mass is 9.98. The molecule has 2 N–H and O–H groups in total. The topological polar surface area (TPSA) is 115 Å². The summed E-state index contributed by atoms with van der Waals surface area (Å²) in [6.07, 6.45) is 3.57. The molecule has 4 heterocycles. The summed E-state index contributed by atoms with van der Waals surface area (Å²) >= 11 is 6.23. The van der Waals surface area contributed by atoms with E-state index in [4.69, 9.17) is 21.7 Å². The molecule has 1 amide bonds. The van der Waals surface area contributed by atoms with Gasteiger partial charge in [0.2, 0.25) is 10.0 Å². The second kappa shape index (κ2) is 13.3. The number of carbonyl (C=O) groups excluding carboxylic acids is 1. The van der Waals surface area contributed by atoms with Gasteiger partial charge >= 0.3 is 0 Å². The first-order chi connectivity index (χ1) is 20.5. The summed E-state index contributed by atoms with van der Waals surface area (Å²) in [6.45, 7) is 7.53.